The smallest absolute Gasteiger partial charge is 0.119 e. The molecule has 124 valence electrons. The lowest BCUT2D eigenvalue weighted by Gasteiger charge is -2.28. The van der Waals surface area contributed by atoms with Crippen LogP contribution in [0.5, 0.6) is 5.75 Å². The molecule has 0 aliphatic carbocycles. The molecule has 0 spiro atoms. The van der Waals surface area contributed by atoms with Crippen LogP contribution in [0.2, 0.25) is 0 Å². The molecule has 0 N–H and O–H groups in total. The first-order chi connectivity index (χ1) is 11.7. The normalized spacial score (nSPS) is 16.6. The van der Waals surface area contributed by atoms with E-state index in [0.717, 1.165) is 37.2 Å². The summed E-state index contributed by atoms with van der Waals surface area (Å²) in [5.41, 5.74) is 5.38. The van der Waals surface area contributed by atoms with Crippen molar-refractivity contribution in [2.45, 2.75) is 25.8 Å². The Morgan fingerprint density at radius 2 is 1.92 bits per heavy atom. The maximum atomic E-state index is 5.38. The van der Waals surface area contributed by atoms with Crippen LogP contribution in [0.3, 0.4) is 0 Å². The van der Waals surface area contributed by atoms with E-state index in [-0.39, 0.29) is 0 Å². The summed E-state index contributed by atoms with van der Waals surface area (Å²) in [6.45, 7) is 4.50. The van der Waals surface area contributed by atoms with Crippen molar-refractivity contribution in [3.05, 3.63) is 58.5 Å². The number of hydrogen-bond acceptors (Lipinski definition) is 4. The van der Waals surface area contributed by atoms with Gasteiger partial charge in [0.05, 0.1) is 12.6 Å². The van der Waals surface area contributed by atoms with Gasteiger partial charge in [-0.1, -0.05) is 12.1 Å². The summed E-state index contributed by atoms with van der Waals surface area (Å²) in [6, 6.07) is 13.6. The highest BCUT2D eigenvalue weighted by Crippen LogP contribution is 2.28. The van der Waals surface area contributed by atoms with E-state index in [1.807, 2.05) is 0 Å². The molecular weight excluding hydrogens is 316 g/mol. The van der Waals surface area contributed by atoms with Crippen LogP contribution in [-0.4, -0.2) is 29.5 Å². The first-order valence-corrected chi connectivity index (χ1v) is 9.32. The van der Waals surface area contributed by atoms with Crippen LogP contribution in [0.25, 0.3) is 10.9 Å². The molecule has 1 aliphatic heterocycles. The van der Waals surface area contributed by atoms with E-state index in [1.165, 1.54) is 33.6 Å². The second-order valence-corrected chi connectivity index (χ2v) is 7.11. The van der Waals surface area contributed by atoms with Crippen LogP contribution in [-0.2, 0) is 12.8 Å². The van der Waals surface area contributed by atoms with Gasteiger partial charge in [0.25, 0.3) is 0 Å². The summed E-state index contributed by atoms with van der Waals surface area (Å²) in [5.74, 6) is 0.964. The van der Waals surface area contributed by atoms with Gasteiger partial charge < -0.3 is 4.74 Å². The molecule has 1 aliphatic rings. The van der Waals surface area contributed by atoms with Gasteiger partial charge in [-0.05, 0) is 72.3 Å². The first-order valence-electron chi connectivity index (χ1n) is 8.48. The predicted molar refractivity (Wildman–Crippen MR) is 100 cm³/mol. The Hall–Kier alpha value is -1.91. The van der Waals surface area contributed by atoms with Crippen molar-refractivity contribution in [2.75, 3.05) is 20.2 Å². The van der Waals surface area contributed by atoms with Crippen molar-refractivity contribution in [3.63, 3.8) is 0 Å². The van der Waals surface area contributed by atoms with Gasteiger partial charge in [0, 0.05) is 29.9 Å². The Balaban J connectivity index is 1.54. The Bertz CT molecular complexity index is 858. The quantitative estimate of drug-likeness (QED) is 0.705. The average molecular weight is 338 g/mol. The Morgan fingerprint density at radius 3 is 2.75 bits per heavy atom. The summed E-state index contributed by atoms with van der Waals surface area (Å²) in [4.78, 5) is 2.59. The second-order valence-electron chi connectivity index (χ2n) is 6.48. The molecule has 4 heteroatoms. The molecule has 1 atom stereocenters. The van der Waals surface area contributed by atoms with E-state index >= 15 is 0 Å². The number of nitrogens with zero attached hydrogens (tertiary/aromatic N) is 2. The van der Waals surface area contributed by atoms with E-state index in [9.17, 15) is 0 Å². The van der Waals surface area contributed by atoms with Gasteiger partial charge >= 0.3 is 0 Å². The fourth-order valence-electron chi connectivity index (χ4n) is 3.59. The molecule has 0 fully saturated rings. The lowest BCUT2D eigenvalue weighted by molar-refractivity contribution is 0.221. The third-order valence-electron chi connectivity index (χ3n) is 5.16. The predicted octanol–water partition coefficient (Wildman–Crippen LogP) is 4.47. The third kappa shape index (κ3) is 2.92. The molecule has 0 saturated carbocycles. The number of ether oxygens (including phenoxy) is 1. The molecule has 0 amide bonds. The largest absolute Gasteiger partial charge is 0.497 e. The molecule has 0 saturated heterocycles. The monoisotopic (exact) mass is 338 g/mol. The number of hydrogen-bond donors (Lipinski definition) is 0. The van der Waals surface area contributed by atoms with Crippen LogP contribution in [0, 0.1) is 0 Å². The number of benzene rings is 2. The molecule has 24 heavy (non-hydrogen) atoms. The molecule has 0 radical (unpaired) electrons. The number of fused-ring (bicyclic) bond motifs is 2. The van der Waals surface area contributed by atoms with Gasteiger partial charge in [0.15, 0.2) is 0 Å². The number of rotatable bonds is 3. The lowest BCUT2D eigenvalue weighted by Crippen LogP contribution is -2.29. The minimum absolute atomic E-state index is 0.422. The van der Waals surface area contributed by atoms with E-state index in [4.69, 9.17) is 4.74 Å². The average Bonchev–Trinajstić information content (AvgIpc) is 2.99. The highest BCUT2D eigenvalue weighted by molar-refractivity contribution is 7.04. The molecule has 1 aromatic heterocycles. The van der Waals surface area contributed by atoms with E-state index in [2.05, 4.69) is 58.0 Å². The van der Waals surface area contributed by atoms with Crippen molar-refractivity contribution >= 4 is 22.4 Å². The zero-order valence-corrected chi connectivity index (χ0v) is 15.0. The standard InChI is InChI=1S/C20H22N2OS/c1-14(16-4-6-20-18(11-16)13-24-21-20)22-9-7-15-3-5-19(23-2)12-17(15)8-10-22/h3-6,11-14H,7-10H2,1-2H3/t14-/m1/s1. The summed E-state index contributed by atoms with van der Waals surface area (Å²) >= 11 is 1.53. The number of methoxy groups -OCH3 is 1. The maximum Gasteiger partial charge on any atom is 0.119 e. The minimum atomic E-state index is 0.422. The zero-order chi connectivity index (χ0) is 16.5. The van der Waals surface area contributed by atoms with Crippen LogP contribution < -0.4 is 4.74 Å². The highest BCUT2D eigenvalue weighted by atomic mass is 32.1. The van der Waals surface area contributed by atoms with Gasteiger partial charge in [-0.2, -0.15) is 4.37 Å². The summed E-state index contributed by atoms with van der Waals surface area (Å²) in [7, 11) is 1.74. The van der Waals surface area contributed by atoms with Crippen LogP contribution in [0.1, 0.15) is 29.7 Å². The minimum Gasteiger partial charge on any atom is -0.497 e. The van der Waals surface area contributed by atoms with E-state index < -0.39 is 0 Å². The van der Waals surface area contributed by atoms with Crippen molar-refractivity contribution in [3.8, 4) is 5.75 Å². The van der Waals surface area contributed by atoms with E-state index in [0.29, 0.717) is 6.04 Å². The summed E-state index contributed by atoms with van der Waals surface area (Å²) in [5, 5.41) is 3.39. The molecular formula is C20H22N2OS. The molecule has 3 aromatic rings. The Labute approximate surface area is 147 Å². The van der Waals surface area contributed by atoms with Gasteiger partial charge in [-0.15, -0.1) is 0 Å². The highest BCUT2D eigenvalue weighted by Gasteiger charge is 2.20. The second kappa shape index (κ2) is 6.54. The summed E-state index contributed by atoms with van der Waals surface area (Å²) < 4.78 is 9.79. The molecule has 0 unspecified atom stereocenters. The fraction of sp³-hybridized carbons (Fsp3) is 0.350. The van der Waals surface area contributed by atoms with Crippen LogP contribution in [0.4, 0.5) is 0 Å². The maximum absolute atomic E-state index is 5.38. The molecule has 4 rings (SSSR count). The van der Waals surface area contributed by atoms with Gasteiger partial charge in [-0.3, -0.25) is 4.90 Å². The summed E-state index contributed by atoms with van der Waals surface area (Å²) in [6.07, 6.45) is 2.19. The van der Waals surface area contributed by atoms with Crippen molar-refractivity contribution in [1.82, 2.24) is 9.27 Å². The molecule has 0 bridgehead atoms. The van der Waals surface area contributed by atoms with Crippen LogP contribution >= 0.6 is 11.5 Å². The molecule has 2 aromatic carbocycles. The zero-order valence-electron chi connectivity index (χ0n) is 14.2. The van der Waals surface area contributed by atoms with Crippen molar-refractivity contribution in [1.29, 1.82) is 0 Å². The lowest BCUT2D eigenvalue weighted by atomic mass is 10.0. The SMILES string of the molecule is COc1ccc2c(c1)CCN([C@H](C)c1ccc3nscc3c1)CC2. The van der Waals surface area contributed by atoms with Crippen molar-refractivity contribution in [2.24, 2.45) is 0 Å². The Morgan fingerprint density at radius 1 is 1.08 bits per heavy atom. The van der Waals surface area contributed by atoms with Crippen molar-refractivity contribution < 1.29 is 4.74 Å². The molecule has 3 nitrogen and oxygen atoms in total. The Kier molecular flexibility index (Phi) is 4.25. The topological polar surface area (TPSA) is 25.4 Å². The van der Waals surface area contributed by atoms with Crippen LogP contribution in [0.15, 0.2) is 41.8 Å². The van der Waals surface area contributed by atoms with Gasteiger partial charge in [-0.25, -0.2) is 0 Å². The third-order valence-corrected chi connectivity index (χ3v) is 5.82. The fourth-order valence-corrected chi connectivity index (χ4v) is 4.23. The van der Waals surface area contributed by atoms with Gasteiger partial charge in [0.1, 0.15) is 5.75 Å². The number of aromatic nitrogens is 1. The van der Waals surface area contributed by atoms with Gasteiger partial charge in [0.2, 0.25) is 0 Å². The van der Waals surface area contributed by atoms with E-state index in [1.54, 1.807) is 7.11 Å². The first kappa shape index (κ1) is 15.6. The molecule has 2 heterocycles.